The fraction of sp³-hybridized carbons (Fsp3) is 0.444. The summed E-state index contributed by atoms with van der Waals surface area (Å²) in [5.74, 6) is -1.20. The van der Waals surface area contributed by atoms with Gasteiger partial charge in [-0.3, -0.25) is 4.79 Å². The SMILES string of the molecule is O=C(O)C1CCC(F)(CNCc2ccnn2-c2ccccc2)CC1. The van der Waals surface area contributed by atoms with E-state index in [0.29, 0.717) is 32.2 Å². The molecule has 5 nitrogen and oxygen atoms in total. The van der Waals surface area contributed by atoms with Gasteiger partial charge in [-0.2, -0.15) is 5.10 Å². The molecule has 0 radical (unpaired) electrons. The van der Waals surface area contributed by atoms with Gasteiger partial charge in [0.05, 0.1) is 17.3 Å². The van der Waals surface area contributed by atoms with Crippen LogP contribution in [-0.4, -0.2) is 33.1 Å². The second kappa shape index (κ2) is 7.13. The zero-order valence-electron chi connectivity index (χ0n) is 13.5. The molecule has 0 bridgehead atoms. The highest BCUT2D eigenvalue weighted by molar-refractivity contribution is 5.70. The van der Waals surface area contributed by atoms with E-state index in [1.165, 1.54) is 0 Å². The highest BCUT2D eigenvalue weighted by atomic mass is 19.1. The lowest BCUT2D eigenvalue weighted by atomic mass is 9.80. The largest absolute Gasteiger partial charge is 0.481 e. The molecule has 0 amide bonds. The van der Waals surface area contributed by atoms with Crippen LogP contribution in [0.25, 0.3) is 5.69 Å². The Labute approximate surface area is 140 Å². The quantitative estimate of drug-likeness (QED) is 0.854. The maximum Gasteiger partial charge on any atom is 0.306 e. The van der Waals surface area contributed by atoms with Crippen molar-refractivity contribution in [3.8, 4) is 5.69 Å². The molecule has 0 spiro atoms. The predicted molar refractivity (Wildman–Crippen MR) is 88.7 cm³/mol. The van der Waals surface area contributed by atoms with Crippen LogP contribution < -0.4 is 5.32 Å². The Hall–Kier alpha value is -2.21. The van der Waals surface area contributed by atoms with Gasteiger partial charge >= 0.3 is 5.97 Å². The molecule has 1 fully saturated rings. The van der Waals surface area contributed by atoms with Gasteiger partial charge in [0.1, 0.15) is 5.67 Å². The maximum atomic E-state index is 14.8. The van der Waals surface area contributed by atoms with Crippen molar-refractivity contribution in [2.24, 2.45) is 5.92 Å². The van der Waals surface area contributed by atoms with E-state index in [1.54, 1.807) is 6.20 Å². The first-order chi connectivity index (χ1) is 11.6. The topological polar surface area (TPSA) is 67.2 Å². The van der Waals surface area contributed by atoms with Crippen LogP contribution in [-0.2, 0) is 11.3 Å². The van der Waals surface area contributed by atoms with E-state index in [-0.39, 0.29) is 6.54 Å². The fourth-order valence-corrected chi connectivity index (χ4v) is 3.24. The number of hydrogen-bond donors (Lipinski definition) is 2. The second-order valence-corrected chi connectivity index (χ2v) is 6.44. The van der Waals surface area contributed by atoms with Crippen molar-refractivity contribution in [1.29, 1.82) is 0 Å². The lowest BCUT2D eigenvalue weighted by Gasteiger charge is -2.32. The second-order valence-electron chi connectivity index (χ2n) is 6.44. The first kappa shape index (κ1) is 16.6. The van der Waals surface area contributed by atoms with Crippen LogP contribution in [0.15, 0.2) is 42.6 Å². The minimum Gasteiger partial charge on any atom is -0.481 e. The molecule has 1 aliphatic carbocycles. The van der Waals surface area contributed by atoms with E-state index >= 15 is 0 Å². The molecule has 0 aliphatic heterocycles. The van der Waals surface area contributed by atoms with E-state index in [4.69, 9.17) is 5.11 Å². The van der Waals surface area contributed by atoms with Crippen molar-refractivity contribution < 1.29 is 14.3 Å². The molecule has 128 valence electrons. The van der Waals surface area contributed by atoms with E-state index in [1.807, 2.05) is 41.1 Å². The number of carboxylic acids is 1. The van der Waals surface area contributed by atoms with Gasteiger partial charge in [0, 0.05) is 19.3 Å². The standard InChI is InChI=1S/C18H22FN3O2/c19-18(9-6-14(7-10-18)17(23)24)13-20-12-16-8-11-21-22(16)15-4-2-1-3-5-15/h1-5,8,11,14,20H,6-7,9-10,12-13H2,(H,23,24). The summed E-state index contributed by atoms with van der Waals surface area (Å²) >= 11 is 0. The smallest absolute Gasteiger partial charge is 0.306 e. The number of alkyl halides is 1. The van der Waals surface area contributed by atoms with E-state index < -0.39 is 17.6 Å². The fourth-order valence-electron chi connectivity index (χ4n) is 3.24. The molecule has 1 heterocycles. The molecular formula is C18H22FN3O2. The van der Waals surface area contributed by atoms with Crippen molar-refractivity contribution in [2.75, 3.05) is 6.54 Å². The zero-order valence-corrected chi connectivity index (χ0v) is 13.5. The monoisotopic (exact) mass is 331 g/mol. The molecule has 24 heavy (non-hydrogen) atoms. The van der Waals surface area contributed by atoms with Gasteiger partial charge in [-0.25, -0.2) is 9.07 Å². The molecule has 1 aromatic heterocycles. The van der Waals surface area contributed by atoms with Crippen molar-refractivity contribution in [3.63, 3.8) is 0 Å². The third-order valence-electron chi connectivity index (χ3n) is 4.70. The first-order valence-electron chi connectivity index (χ1n) is 8.28. The minimum atomic E-state index is -1.32. The molecule has 6 heteroatoms. The Kier molecular flexibility index (Phi) is 4.94. The highest BCUT2D eigenvalue weighted by Gasteiger charge is 2.37. The Balaban J connectivity index is 1.54. The number of nitrogens with one attached hydrogen (secondary N) is 1. The number of benzene rings is 1. The number of para-hydroxylation sites is 1. The first-order valence-corrected chi connectivity index (χ1v) is 8.28. The number of aromatic nitrogens is 2. The van der Waals surface area contributed by atoms with Crippen LogP contribution in [0.1, 0.15) is 31.4 Å². The summed E-state index contributed by atoms with van der Waals surface area (Å²) in [6.07, 6.45) is 3.15. The molecule has 0 unspecified atom stereocenters. The number of halogens is 1. The van der Waals surface area contributed by atoms with E-state index in [9.17, 15) is 9.18 Å². The molecule has 1 aromatic carbocycles. The number of hydrogen-bond acceptors (Lipinski definition) is 3. The van der Waals surface area contributed by atoms with Crippen molar-refractivity contribution in [3.05, 3.63) is 48.3 Å². The number of nitrogens with zero attached hydrogens (tertiary/aromatic N) is 2. The molecular weight excluding hydrogens is 309 g/mol. The summed E-state index contributed by atoms with van der Waals surface area (Å²) < 4.78 is 16.6. The lowest BCUT2D eigenvalue weighted by molar-refractivity contribution is -0.143. The Morgan fingerprint density at radius 2 is 2.00 bits per heavy atom. The maximum absolute atomic E-state index is 14.8. The van der Waals surface area contributed by atoms with Crippen LogP contribution in [0.5, 0.6) is 0 Å². The van der Waals surface area contributed by atoms with Crippen molar-refractivity contribution >= 4 is 5.97 Å². The van der Waals surface area contributed by atoms with Gasteiger partial charge in [0.2, 0.25) is 0 Å². The number of rotatable bonds is 6. The summed E-state index contributed by atoms with van der Waals surface area (Å²) in [7, 11) is 0. The molecule has 2 aromatic rings. The van der Waals surface area contributed by atoms with Gasteiger partial charge in [-0.05, 0) is 43.9 Å². The van der Waals surface area contributed by atoms with E-state index in [2.05, 4.69) is 10.4 Å². The average Bonchev–Trinajstić information content (AvgIpc) is 3.04. The van der Waals surface area contributed by atoms with E-state index in [0.717, 1.165) is 11.4 Å². The molecule has 1 saturated carbocycles. The van der Waals surface area contributed by atoms with Crippen molar-refractivity contribution in [1.82, 2.24) is 15.1 Å². The highest BCUT2D eigenvalue weighted by Crippen LogP contribution is 2.34. The van der Waals surface area contributed by atoms with Crippen LogP contribution >= 0.6 is 0 Å². The van der Waals surface area contributed by atoms with Crippen LogP contribution in [0.2, 0.25) is 0 Å². The van der Waals surface area contributed by atoms with Gasteiger partial charge < -0.3 is 10.4 Å². The van der Waals surface area contributed by atoms with Gasteiger partial charge in [0.25, 0.3) is 0 Å². The van der Waals surface area contributed by atoms with Gasteiger partial charge in [-0.1, -0.05) is 18.2 Å². The summed E-state index contributed by atoms with van der Waals surface area (Å²) in [5, 5.41) is 16.5. The predicted octanol–water partition coefficient (Wildman–Crippen LogP) is 2.95. The average molecular weight is 331 g/mol. The summed E-state index contributed by atoms with van der Waals surface area (Å²) in [4.78, 5) is 11.0. The number of aliphatic carboxylic acids is 1. The Morgan fingerprint density at radius 3 is 2.67 bits per heavy atom. The molecule has 2 N–H and O–H groups in total. The minimum absolute atomic E-state index is 0.235. The van der Waals surface area contributed by atoms with Gasteiger partial charge in [0.15, 0.2) is 0 Å². The third kappa shape index (κ3) is 3.82. The van der Waals surface area contributed by atoms with Crippen LogP contribution in [0.3, 0.4) is 0 Å². The normalized spacial score (nSPS) is 24.0. The van der Waals surface area contributed by atoms with Crippen LogP contribution in [0.4, 0.5) is 4.39 Å². The third-order valence-corrected chi connectivity index (χ3v) is 4.70. The van der Waals surface area contributed by atoms with Crippen molar-refractivity contribution in [2.45, 2.75) is 37.9 Å². The molecule has 3 rings (SSSR count). The number of carbonyl (C=O) groups is 1. The zero-order chi connectivity index (χ0) is 17.0. The Bertz CT molecular complexity index is 679. The molecule has 0 atom stereocenters. The summed E-state index contributed by atoms with van der Waals surface area (Å²) in [6.45, 7) is 0.752. The number of carboxylic acid groups (broad SMARTS) is 1. The van der Waals surface area contributed by atoms with Gasteiger partial charge in [-0.15, -0.1) is 0 Å². The molecule has 1 aliphatic rings. The van der Waals surface area contributed by atoms with Crippen LogP contribution in [0, 0.1) is 5.92 Å². The Morgan fingerprint density at radius 1 is 1.29 bits per heavy atom. The summed E-state index contributed by atoms with van der Waals surface area (Å²) in [6, 6.07) is 11.7. The molecule has 0 saturated heterocycles. The lowest BCUT2D eigenvalue weighted by Crippen LogP contribution is -2.41. The summed E-state index contributed by atoms with van der Waals surface area (Å²) in [5.41, 5.74) is 0.615.